The van der Waals surface area contributed by atoms with Gasteiger partial charge in [0.05, 0.1) is 0 Å². The van der Waals surface area contributed by atoms with Crippen molar-refractivity contribution in [1.29, 1.82) is 0 Å². The van der Waals surface area contributed by atoms with Crippen LogP contribution in [0, 0.1) is 0 Å². The smallest absolute Gasteiger partial charge is 0.346 e. The first-order chi connectivity index (χ1) is 9.08. The molecule has 1 heterocycles. The number of thiophene rings is 1. The molecule has 1 N–H and O–H groups in total. The van der Waals surface area contributed by atoms with Crippen LogP contribution in [0.25, 0.3) is 0 Å². The van der Waals surface area contributed by atoms with Crippen LogP contribution in [0.1, 0.15) is 40.6 Å². The lowest BCUT2D eigenvalue weighted by molar-refractivity contribution is 0.0701. The molecule has 0 aliphatic heterocycles. The van der Waals surface area contributed by atoms with E-state index in [4.69, 9.17) is 5.11 Å². The maximum Gasteiger partial charge on any atom is 0.346 e. The molecule has 100 valence electrons. The van der Waals surface area contributed by atoms with Gasteiger partial charge >= 0.3 is 5.97 Å². The Labute approximate surface area is 121 Å². The van der Waals surface area contributed by atoms with Crippen LogP contribution in [0.5, 0.6) is 0 Å². The molecule has 0 radical (unpaired) electrons. The van der Waals surface area contributed by atoms with Crippen LogP contribution < -0.4 is 0 Å². The highest BCUT2D eigenvalue weighted by Gasteiger charge is 2.11. The first-order valence-electron chi connectivity index (χ1n) is 6.10. The summed E-state index contributed by atoms with van der Waals surface area (Å²) in [5, 5.41) is 10.9. The standard InChI is InChI=1S/C15H16O2S2/c1-10(2)11-3-5-13(6-4-11)19-9-12-7-8-18-14(12)15(16)17/h3-8,10H,9H2,1-2H3,(H,16,17). The van der Waals surface area contributed by atoms with Gasteiger partial charge in [-0.25, -0.2) is 4.79 Å². The van der Waals surface area contributed by atoms with Crippen molar-refractivity contribution in [2.75, 3.05) is 0 Å². The molecule has 0 spiro atoms. The van der Waals surface area contributed by atoms with Gasteiger partial charge in [-0.05, 0) is 40.6 Å². The maximum atomic E-state index is 11.0. The number of thioether (sulfide) groups is 1. The minimum Gasteiger partial charge on any atom is -0.477 e. The van der Waals surface area contributed by atoms with Crippen molar-refractivity contribution < 1.29 is 9.90 Å². The van der Waals surface area contributed by atoms with Gasteiger partial charge in [0.25, 0.3) is 0 Å². The molecule has 0 saturated heterocycles. The lowest BCUT2D eigenvalue weighted by atomic mass is 10.0. The van der Waals surface area contributed by atoms with E-state index in [1.807, 2.05) is 11.4 Å². The Morgan fingerprint density at radius 3 is 2.53 bits per heavy atom. The molecule has 0 fully saturated rings. The van der Waals surface area contributed by atoms with Crippen LogP contribution in [0.15, 0.2) is 40.6 Å². The summed E-state index contributed by atoms with van der Waals surface area (Å²) in [6.45, 7) is 4.35. The first kappa shape index (κ1) is 14.2. The Balaban J connectivity index is 2.02. The quantitative estimate of drug-likeness (QED) is 0.799. The normalized spacial score (nSPS) is 10.9. The van der Waals surface area contributed by atoms with Gasteiger partial charge in [0, 0.05) is 10.6 Å². The number of hydrogen-bond donors (Lipinski definition) is 1. The lowest BCUT2D eigenvalue weighted by Gasteiger charge is -2.06. The molecule has 0 unspecified atom stereocenters. The van der Waals surface area contributed by atoms with E-state index in [2.05, 4.69) is 38.1 Å². The Kier molecular flexibility index (Phi) is 4.66. The van der Waals surface area contributed by atoms with Crippen molar-refractivity contribution in [3.05, 3.63) is 51.7 Å². The van der Waals surface area contributed by atoms with E-state index >= 15 is 0 Å². The number of aromatic carboxylic acids is 1. The molecule has 2 rings (SSSR count). The second-order valence-electron chi connectivity index (χ2n) is 4.59. The van der Waals surface area contributed by atoms with Crippen LogP contribution in [0.2, 0.25) is 0 Å². The number of rotatable bonds is 5. The second-order valence-corrected chi connectivity index (χ2v) is 6.56. The Hall–Kier alpha value is -1.26. The average molecular weight is 292 g/mol. The van der Waals surface area contributed by atoms with Gasteiger partial charge in [0.15, 0.2) is 0 Å². The predicted molar refractivity (Wildman–Crippen MR) is 81.4 cm³/mol. The van der Waals surface area contributed by atoms with E-state index in [0.717, 1.165) is 5.56 Å². The zero-order valence-electron chi connectivity index (χ0n) is 10.9. The number of benzene rings is 1. The highest BCUT2D eigenvalue weighted by molar-refractivity contribution is 7.98. The minimum atomic E-state index is -0.833. The molecule has 0 atom stereocenters. The van der Waals surface area contributed by atoms with E-state index in [1.54, 1.807) is 11.8 Å². The molecule has 4 heteroatoms. The van der Waals surface area contributed by atoms with Crippen molar-refractivity contribution in [2.45, 2.75) is 30.4 Å². The number of carboxylic acid groups (broad SMARTS) is 1. The van der Waals surface area contributed by atoms with Crippen molar-refractivity contribution >= 4 is 29.1 Å². The zero-order chi connectivity index (χ0) is 13.8. The Morgan fingerprint density at radius 2 is 1.95 bits per heavy atom. The molecule has 19 heavy (non-hydrogen) atoms. The van der Waals surface area contributed by atoms with E-state index in [0.29, 0.717) is 16.5 Å². The van der Waals surface area contributed by atoms with E-state index in [1.165, 1.54) is 21.8 Å². The highest BCUT2D eigenvalue weighted by atomic mass is 32.2. The largest absolute Gasteiger partial charge is 0.477 e. The lowest BCUT2D eigenvalue weighted by Crippen LogP contribution is -1.96. The maximum absolute atomic E-state index is 11.0. The monoisotopic (exact) mass is 292 g/mol. The SMILES string of the molecule is CC(C)c1ccc(SCc2ccsc2C(=O)O)cc1. The molecule has 0 bridgehead atoms. The zero-order valence-corrected chi connectivity index (χ0v) is 12.6. The number of carbonyl (C=O) groups is 1. The molecule has 0 aliphatic carbocycles. The van der Waals surface area contributed by atoms with Gasteiger partial charge in [-0.3, -0.25) is 0 Å². The summed E-state index contributed by atoms with van der Waals surface area (Å²) in [7, 11) is 0. The van der Waals surface area contributed by atoms with Crippen molar-refractivity contribution in [1.82, 2.24) is 0 Å². The van der Waals surface area contributed by atoms with Gasteiger partial charge in [0.1, 0.15) is 4.88 Å². The summed E-state index contributed by atoms with van der Waals surface area (Å²) in [6, 6.07) is 10.4. The molecular formula is C15H16O2S2. The second kappa shape index (κ2) is 6.26. The molecular weight excluding hydrogens is 276 g/mol. The summed E-state index contributed by atoms with van der Waals surface area (Å²) in [5.41, 5.74) is 2.22. The van der Waals surface area contributed by atoms with Crippen LogP contribution >= 0.6 is 23.1 Å². The third kappa shape index (κ3) is 3.61. The first-order valence-corrected chi connectivity index (χ1v) is 7.97. The van der Waals surface area contributed by atoms with Gasteiger partial charge in [-0.1, -0.05) is 26.0 Å². The fraction of sp³-hybridized carbons (Fsp3) is 0.267. The van der Waals surface area contributed by atoms with E-state index < -0.39 is 5.97 Å². The Morgan fingerprint density at radius 1 is 1.26 bits per heavy atom. The van der Waals surface area contributed by atoms with Crippen molar-refractivity contribution in [3.63, 3.8) is 0 Å². The molecule has 0 amide bonds. The molecule has 2 nitrogen and oxygen atoms in total. The van der Waals surface area contributed by atoms with E-state index in [9.17, 15) is 4.79 Å². The molecule has 2 aromatic rings. The molecule has 1 aromatic carbocycles. The Bertz CT molecular complexity index is 556. The molecule has 0 aliphatic rings. The number of hydrogen-bond acceptors (Lipinski definition) is 3. The molecule has 1 aromatic heterocycles. The summed E-state index contributed by atoms with van der Waals surface area (Å²) in [5.74, 6) is 0.405. The summed E-state index contributed by atoms with van der Waals surface area (Å²) in [4.78, 5) is 12.6. The third-order valence-electron chi connectivity index (χ3n) is 2.88. The topological polar surface area (TPSA) is 37.3 Å². The van der Waals surface area contributed by atoms with Crippen molar-refractivity contribution in [2.24, 2.45) is 0 Å². The van der Waals surface area contributed by atoms with Crippen LogP contribution in [0.4, 0.5) is 0 Å². The predicted octanol–water partition coefficient (Wildman–Crippen LogP) is 4.86. The average Bonchev–Trinajstić information content (AvgIpc) is 2.85. The van der Waals surface area contributed by atoms with Gasteiger partial charge in [-0.2, -0.15) is 0 Å². The van der Waals surface area contributed by atoms with Gasteiger partial charge in [0.2, 0.25) is 0 Å². The molecule has 0 saturated carbocycles. The third-order valence-corrected chi connectivity index (χ3v) is 4.89. The van der Waals surface area contributed by atoms with Crippen LogP contribution in [-0.2, 0) is 5.75 Å². The summed E-state index contributed by atoms with van der Waals surface area (Å²) < 4.78 is 0. The van der Waals surface area contributed by atoms with Crippen molar-refractivity contribution in [3.8, 4) is 0 Å². The fourth-order valence-corrected chi connectivity index (χ4v) is 3.49. The van der Waals surface area contributed by atoms with Gasteiger partial charge in [-0.15, -0.1) is 23.1 Å². The van der Waals surface area contributed by atoms with Crippen LogP contribution in [-0.4, -0.2) is 11.1 Å². The summed E-state index contributed by atoms with van der Waals surface area (Å²) >= 11 is 2.96. The van der Waals surface area contributed by atoms with Crippen LogP contribution in [0.3, 0.4) is 0 Å². The minimum absolute atomic E-state index is 0.450. The van der Waals surface area contributed by atoms with E-state index in [-0.39, 0.29) is 0 Å². The fourth-order valence-electron chi connectivity index (χ4n) is 1.75. The summed E-state index contributed by atoms with van der Waals surface area (Å²) in [6.07, 6.45) is 0. The van der Waals surface area contributed by atoms with Gasteiger partial charge < -0.3 is 5.11 Å². The highest BCUT2D eigenvalue weighted by Crippen LogP contribution is 2.28. The number of carboxylic acids is 1.